The fourth-order valence-corrected chi connectivity index (χ4v) is 6.04. The van der Waals surface area contributed by atoms with E-state index in [0.29, 0.717) is 0 Å². The number of hydrogen-bond acceptors (Lipinski definition) is 1. The van der Waals surface area contributed by atoms with Crippen molar-refractivity contribution >= 4 is 27.6 Å². The summed E-state index contributed by atoms with van der Waals surface area (Å²) in [7, 11) is 16.7. The first kappa shape index (κ1) is 10.4. The molecule has 1 nitrogen and oxygen atoms in total. The van der Waals surface area contributed by atoms with Crippen molar-refractivity contribution < 1.29 is 13.7 Å². The Kier molecular flexibility index (Phi) is 3.71. The van der Waals surface area contributed by atoms with Gasteiger partial charge in [-0.05, 0) is 0 Å². The van der Waals surface area contributed by atoms with Crippen molar-refractivity contribution in [3.8, 4) is 0 Å². The van der Waals surface area contributed by atoms with Crippen molar-refractivity contribution in [3.05, 3.63) is 0 Å². The normalized spacial score (nSPS) is 13.6. The molecule has 0 aromatic heterocycles. The van der Waals surface area contributed by atoms with Gasteiger partial charge in [0.05, 0.1) is 0 Å². The van der Waals surface area contributed by atoms with Crippen molar-refractivity contribution in [2.75, 3.05) is 0 Å². The summed E-state index contributed by atoms with van der Waals surface area (Å²) >= 11 is -3.31. The van der Waals surface area contributed by atoms with Crippen LogP contribution in [0, 0.1) is 0 Å². The summed E-state index contributed by atoms with van der Waals surface area (Å²) in [5.74, 6) is 0. The van der Waals surface area contributed by atoms with Gasteiger partial charge in [0.1, 0.15) is 0 Å². The van der Waals surface area contributed by atoms with E-state index in [1.165, 1.54) is 0 Å². The maximum absolute atomic E-state index is 5.58. The van der Waals surface area contributed by atoms with Crippen molar-refractivity contribution in [2.45, 2.75) is 26.3 Å². The van der Waals surface area contributed by atoms with E-state index in [1.807, 2.05) is 20.8 Å². The Labute approximate surface area is 70.5 Å². The van der Waals surface area contributed by atoms with Crippen LogP contribution < -0.4 is 0 Å². The van der Waals surface area contributed by atoms with E-state index in [2.05, 4.69) is 3.34 Å². The van der Waals surface area contributed by atoms with Gasteiger partial charge in [0.15, 0.2) is 0 Å². The van der Waals surface area contributed by atoms with Crippen molar-refractivity contribution in [3.63, 3.8) is 0 Å². The van der Waals surface area contributed by atoms with Crippen LogP contribution in [0.15, 0.2) is 3.34 Å². The summed E-state index contributed by atoms with van der Waals surface area (Å²) in [5.41, 5.74) is -0.198. The minimum atomic E-state index is -3.31. The average molecular weight is 270 g/mol. The Bertz CT molecular complexity index is 134. The first-order chi connectivity index (χ1) is 3.71. The Hall–Kier alpha value is 1.41. The molecule has 0 fully saturated rings. The third-order valence-corrected chi connectivity index (χ3v) is 3.79. The Morgan fingerprint density at radius 3 is 1.44 bits per heavy atom. The average Bonchev–Trinajstić information content (AvgIpc) is 1.14. The van der Waals surface area contributed by atoms with Crippen molar-refractivity contribution in [2.24, 2.45) is 3.34 Å². The molecule has 0 saturated heterocycles. The quantitative estimate of drug-likeness (QED) is 0.597. The Morgan fingerprint density at radius 1 is 1.11 bits per heavy atom. The van der Waals surface area contributed by atoms with Crippen LogP contribution in [0.2, 0.25) is 0 Å². The molecule has 0 saturated carbocycles. The molecule has 0 unspecified atom stereocenters. The van der Waals surface area contributed by atoms with Gasteiger partial charge in [-0.3, -0.25) is 0 Å². The molecule has 0 radical (unpaired) electrons. The second kappa shape index (κ2) is 3.21. The standard InChI is InChI=1S/C4H9N.3ClH.Nb/c1-4(2,3)5;;;;/h1-3H3;3*1H;/q;;;;+3/p-3. The van der Waals surface area contributed by atoms with E-state index in [1.54, 1.807) is 0 Å². The molecule has 56 valence electrons. The topological polar surface area (TPSA) is 12.4 Å². The van der Waals surface area contributed by atoms with Gasteiger partial charge in [-0.2, -0.15) is 0 Å². The zero-order chi connectivity index (χ0) is 7.71. The van der Waals surface area contributed by atoms with E-state index < -0.39 is 13.7 Å². The fourth-order valence-electron chi connectivity index (χ4n) is 0.340. The van der Waals surface area contributed by atoms with Crippen molar-refractivity contribution in [1.29, 1.82) is 0 Å². The predicted octanol–water partition coefficient (Wildman–Crippen LogP) is 3.58. The molecule has 0 rings (SSSR count). The second-order valence-electron chi connectivity index (χ2n) is 2.69. The first-order valence-electron chi connectivity index (χ1n) is 2.43. The van der Waals surface area contributed by atoms with Gasteiger partial charge in [-0.15, -0.1) is 0 Å². The molecule has 9 heavy (non-hydrogen) atoms. The zero-order valence-electron chi connectivity index (χ0n) is 5.53. The predicted molar refractivity (Wildman–Crippen MR) is 39.7 cm³/mol. The van der Waals surface area contributed by atoms with Gasteiger partial charge >= 0.3 is 70.9 Å². The minimum absolute atomic E-state index is 0.198. The van der Waals surface area contributed by atoms with Crippen LogP contribution in [0.3, 0.4) is 0 Å². The van der Waals surface area contributed by atoms with Crippen LogP contribution in [0.25, 0.3) is 0 Å². The first-order valence-corrected chi connectivity index (χ1v) is 11.9. The summed E-state index contributed by atoms with van der Waals surface area (Å²) in [4.78, 5) is 0. The van der Waals surface area contributed by atoms with E-state index in [0.717, 1.165) is 0 Å². The van der Waals surface area contributed by atoms with Crippen LogP contribution in [-0.2, 0) is 13.7 Å². The molecule has 0 aliphatic carbocycles. The van der Waals surface area contributed by atoms with E-state index in [-0.39, 0.29) is 5.54 Å². The van der Waals surface area contributed by atoms with Gasteiger partial charge in [0, 0.05) is 0 Å². The molecule has 0 heterocycles. The van der Waals surface area contributed by atoms with Gasteiger partial charge in [-0.1, -0.05) is 0 Å². The summed E-state index contributed by atoms with van der Waals surface area (Å²) in [6.07, 6.45) is 0. The monoisotopic (exact) mass is 269 g/mol. The molecule has 0 spiro atoms. The molecule has 0 aromatic carbocycles. The van der Waals surface area contributed by atoms with Gasteiger partial charge in [0.25, 0.3) is 0 Å². The molecule has 5 heteroatoms. The molecule has 0 aliphatic rings. The van der Waals surface area contributed by atoms with Crippen LogP contribution >= 0.6 is 27.6 Å². The van der Waals surface area contributed by atoms with E-state index >= 15 is 0 Å². The SMILES string of the molecule is CC(C)(C)[N]=[Nb]([Cl])([Cl])[Cl]. The number of hydrogen-bond donors (Lipinski definition) is 0. The molecule has 0 atom stereocenters. The molecule has 0 aromatic rings. The molecule has 0 aliphatic heterocycles. The fraction of sp³-hybridized carbons (Fsp3) is 1.00. The summed E-state index contributed by atoms with van der Waals surface area (Å²) in [5, 5.41) is 0. The van der Waals surface area contributed by atoms with Crippen LogP contribution in [0.1, 0.15) is 20.8 Å². The summed E-state index contributed by atoms with van der Waals surface area (Å²) < 4.78 is 4.04. The molecular formula is C4H9Cl3NNb. The van der Waals surface area contributed by atoms with Crippen LogP contribution in [0.5, 0.6) is 0 Å². The zero-order valence-corrected chi connectivity index (χ0v) is 9.99. The summed E-state index contributed by atoms with van der Waals surface area (Å²) in [6, 6.07) is 0. The molecule has 0 bridgehead atoms. The van der Waals surface area contributed by atoms with Gasteiger partial charge in [-0.25, -0.2) is 0 Å². The third-order valence-electron chi connectivity index (χ3n) is 0.413. The van der Waals surface area contributed by atoms with E-state index in [9.17, 15) is 0 Å². The molecule has 0 N–H and O–H groups in total. The Balaban J connectivity index is 4.32. The summed E-state index contributed by atoms with van der Waals surface area (Å²) in [6.45, 7) is 5.76. The maximum atomic E-state index is 5.58. The van der Waals surface area contributed by atoms with Crippen LogP contribution in [0.4, 0.5) is 0 Å². The number of halogens is 3. The third kappa shape index (κ3) is 9.41. The second-order valence-corrected chi connectivity index (χ2v) is 17.0. The molecular weight excluding hydrogens is 261 g/mol. The van der Waals surface area contributed by atoms with Crippen molar-refractivity contribution in [1.82, 2.24) is 0 Å². The van der Waals surface area contributed by atoms with Gasteiger partial charge < -0.3 is 0 Å². The number of nitrogens with zero attached hydrogens (tertiary/aromatic N) is 1. The van der Waals surface area contributed by atoms with Gasteiger partial charge in [0.2, 0.25) is 0 Å². The number of rotatable bonds is 0. The Morgan fingerprint density at radius 2 is 1.44 bits per heavy atom. The van der Waals surface area contributed by atoms with E-state index in [4.69, 9.17) is 27.6 Å². The molecule has 0 amide bonds. The van der Waals surface area contributed by atoms with Crippen LogP contribution in [-0.4, -0.2) is 5.54 Å².